The van der Waals surface area contributed by atoms with Gasteiger partial charge in [-0.25, -0.2) is 0 Å². The van der Waals surface area contributed by atoms with Gasteiger partial charge in [0.25, 0.3) is 17.8 Å². The first-order valence-electron chi connectivity index (χ1n) is 9.87. The molecule has 8 heteroatoms. The third-order valence-electron chi connectivity index (χ3n) is 4.90. The van der Waals surface area contributed by atoms with Gasteiger partial charge in [-0.3, -0.25) is 0 Å². The number of unbranched alkanes of at least 4 members (excludes halogenated alkanes) is 3. The van der Waals surface area contributed by atoms with Crippen molar-refractivity contribution in [1.29, 1.82) is 0 Å². The molecule has 0 bridgehead atoms. The summed E-state index contributed by atoms with van der Waals surface area (Å²) in [4.78, 5) is 0. The second-order valence-electron chi connectivity index (χ2n) is 8.51. The van der Waals surface area contributed by atoms with E-state index >= 15 is 0 Å². The molecule has 0 spiro atoms. The predicted molar refractivity (Wildman–Crippen MR) is 124 cm³/mol. The van der Waals surface area contributed by atoms with Crippen molar-refractivity contribution in [1.82, 2.24) is 27.4 Å². The van der Waals surface area contributed by atoms with Gasteiger partial charge in [-0.2, -0.15) is 0 Å². The molecular weight excluding hydrogens is 356 g/mol. The highest BCUT2D eigenvalue weighted by molar-refractivity contribution is 6.71. The third-order valence-corrected chi connectivity index (χ3v) is 13.0. The summed E-state index contributed by atoms with van der Waals surface area (Å²) < 4.78 is 14.3. The van der Waals surface area contributed by atoms with Crippen LogP contribution in [0.1, 0.15) is 32.6 Å². The van der Waals surface area contributed by atoms with Gasteiger partial charge in [0.1, 0.15) is 0 Å². The first-order valence-corrected chi connectivity index (χ1v) is 13.5. The Balaban J connectivity index is 0. The number of rotatable bonds is 11. The lowest BCUT2D eigenvalue weighted by atomic mass is 10.2. The fourth-order valence-electron chi connectivity index (χ4n) is 4.05. The van der Waals surface area contributed by atoms with Crippen LogP contribution < -0.4 is 0 Å². The van der Waals surface area contributed by atoms with Crippen LogP contribution in [-0.2, 0) is 0 Å². The molecule has 0 aliphatic heterocycles. The van der Waals surface area contributed by atoms with Crippen LogP contribution in [0.3, 0.4) is 0 Å². The van der Waals surface area contributed by atoms with E-state index in [2.05, 4.69) is 119 Å². The third kappa shape index (κ3) is 9.41. The maximum Gasteiger partial charge on any atom is 0.288 e. The molecule has 0 aromatic carbocycles. The van der Waals surface area contributed by atoms with Crippen molar-refractivity contribution in [3.8, 4) is 0 Å². The van der Waals surface area contributed by atoms with Crippen LogP contribution in [-0.4, -0.2) is 130 Å². The zero-order chi connectivity index (χ0) is 21.1. The van der Waals surface area contributed by atoms with E-state index in [1.54, 1.807) is 0 Å². The first-order chi connectivity index (χ1) is 11.9. The highest BCUT2D eigenvalue weighted by atomic mass is 28.4. The topological polar surface area (TPSA) is 19.4 Å². The molecule has 0 fully saturated rings. The van der Waals surface area contributed by atoms with Gasteiger partial charge in [0, 0.05) is 0 Å². The molecule has 0 aromatic heterocycles. The number of nitrogens with zero attached hydrogens (tertiary/aromatic N) is 6. The fraction of sp³-hybridized carbons (Fsp3) is 1.00. The van der Waals surface area contributed by atoms with Gasteiger partial charge in [-0.05, 0) is 90.6 Å². The van der Waals surface area contributed by atoms with Crippen molar-refractivity contribution in [3.05, 3.63) is 0 Å². The standard InChI is InChI=1S/C12H31N3Si.C6H19N3Si/c1-8-9-10-11-12-16(13(2)3,14(4)5)15(6)7;1-7(2)10(8(3)4)9(5)6/h8-12H2,1-7H3;10H,1-6H3. The van der Waals surface area contributed by atoms with Gasteiger partial charge in [0.15, 0.2) is 0 Å². The molecule has 0 unspecified atom stereocenters. The SMILES string of the molecule is CCCCCC[Si](N(C)C)(N(C)C)N(C)C.CN(C)[SiH](N(C)C)N(C)C. The van der Waals surface area contributed by atoms with E-state index in [1.807, 2.05) is 0 Å². The minimum absolute atomic E-state index is 0.954. The van der Waals surface area contributed by atoms with Crippen molar-refractivity contribution in [3.63, 3.8) is 0 Å². The van der Waals surface area contributed by atoms with Gasteiger partial charge in [-0.1, -0.05) is 32.6 Å². The van der Waals surface area contributed by atoms with E-state index in [-0.39, 0.29) is 0 Å². The monoisotopic (exact) mass is 406 g/mol. The van der Waals surface area contributed by atoms with Crippen molar-refractivity contribution >= 4 is 17.8 Å². The highest BCUT2D eigenvalue weighted by Crippen LogP contribution is 2.21. The molecule has 0 aromatic rings. The Labute approximate surface area is 168 Å². The van der Waals surface area contributed by atoms with E-state index in [1.165, 1.54) is 31.7 Å². The smallest absolute Gasteiger partial charge is 0.288 e. The molecular formula is C18H50N6Si2. The Bertz CT molecular complexity index is 295. The lowest BCUT2D eigenvalue weighted by Gasteiger charge is -2.46. The van der Waals surface area contributed by atoms with Crippen LogP contribution >= 0.6 is 0 Å². The second kappa shape index (κ2) is 14.2. The van der Waals surface area contributed by atoms with Gasteiger partial charge >= 0.3 is 0 Å². The fourth-order valence-corrected chi connectivity index (χ4v) is 11.3. The van der Waals surface area contributed by atoms with Crippen LogP contribution in [0.2, 0.25) is 6.04 Å². The summed E-state index contributed by atoms with van der Waals surface area (Å²) in [5.74, 6) is 0. The zero-order valence-electron chi connectivity index (χ0n) is 20.3. The maximum atomic E-state index is 2.46. The molecule has 0 saturated carbocycles. The summed E-state index contributed by atoms with van der Waals surface area (Å²) in [5, 5.41) is 0. The average molecular weight is 407 g/mol. The molecule has 0 rings (SSSR count). The minimum atomic E-state index is -1.58. The molecule has 0 heterocycles. The van der Waals surface area contributed by atoms with Crippen molar-refractivity contribution in [2.75, 3.05) is 84.6 Å². The van der Waals surface area contributed by atoms with Gasteiger partial charge in [0.2, 0.25) is 0 Å². The number of hydrogen-bond acceptors (Lipinski definition) is 6. The molecule has 0 amide bonds. The lowest BCUT2D eigenvalue weighted by molar-refractivity contribution is 0.372. The molecule has 160 valence electrons. The summed E-state index contributed by atoms with van der Waals surface area (Å²) in [6.07, 6.45) is 5.43. The average Bonchev–Trinajstić information content (AvgIpc) is 2.45. The van der Waals surface area contributed by atoms with E-state index in [0.717, 1.165) is 0 Å². The quantitative estimate of drug-likeness (QED) is 0.380. The minimum Gasteiger partial charge on any atom is -0.308 e. The summed E-state index contributed by atoms with van der Waals surface area (Å²) >= 11 is 0. The van der Waals surface area contributed by atoms with E-state index < -0.39 is 17.8 Å². The predicted octanol–water partition coefficient (Wildman–Crippen LogP) is 1.58. The van der Waals surface area contributed by atoms with Crippen LogP contribution in [0.25, 0.3) is 0 Å². The number of hydrogen-bond donors (Lipinski definition) is 0. The van der Waals surface area contributed by atoms with Crippen molar-refractivity contribution in [2.45, 2.75) is 38.7 Å². The lowest BCUT2D eigenvalue weighted by Crippen LogP contribution is -2.69. The molecule has 0 atom stereocenters. The van der Waals surface area contributed by atoms with Crippen LogP contribution in [0.4, 0.5) is 0 Å². The molecule has 0 aliphatic carbocycles. The Morgan fingerprint density at radius 2 is 0.885 bits per heavy atom. The Hall–Kier alpha value is 0.194. The van der Waals surface area contributed by atoms with Crippen LogP contribution in [0.5, 0.6) is 0 Å². The normalized spacial score (nSPS) is 12.9. The second-order valence-corrected chi connectivity index (χ2v) is 17.0. The highest BCUT2D eigenvalue weighted by Gasteiger charge is 2.41. The van der Waals surface area contributed by atoms with E-state index in [4.69, 9.17) is 0 Å². The largest absolute Gasteiger partial charge is 0.308 e. The Kier molecular flexibility index (Phi) is 15.5. The van der Waals surface area contributed by atoms with Crippen molar-refractivity contribution in [2.24, 2.45) is 0 Å². The van der Waals surface area contributed by atoms with E-state index in [9.17, 15) is 0 Å². The van der Waals surface area contributed by atoms with Crippen molar-refractivity contribution < 1.29 is 0 Å². The summed E-state index contributed by atoms with van der Waals surface area (Å²) in [7, 11) is 23.7. The summed E-state index contributed by atoms with van der Waals surface area (Å²) in [6.45, 7) is 2.27. The zero-order valence-corrected chi connectivity index (χ0v) is 22.5. The Morgan fingerprint density at radius 1 is 0.538 bits per heavy atom. The van der Waals surface area contributed by atoms with Gasteiger partial charge in [-0.15, -0.1) is 0 Å². The summed E-state index contributed by atoms with van der Waals surface area (Å²) in [6, 6.07) is 1.33. The molecule has 26 heavy (non-hydrogen) atoms. The molecule has 0 saturated heterocycles. The maximum absolute atomic E-state index is 2.46. The van der Waals surface area contributed by atoms with Crippen LogP contribution in [0.15, 0.2) is 0 Å². The molecule has 0 aliphatic rings. The molecule has 0 N–H and O–H groups in total. The van der Waals surface area contributed by atoms with Crippen LogP contribution in [0, 0.1) is 0 Å². The van der Waals surface area contributed by atoms with Gasteiger partial charge < -0.3 is 27.4 Å². The Morgan fingerprint density at radius 3 is 1.08 bits per heavy atom. The van der Waals surface area contributed by atoms with E-state index in [0.29, 0.717) is 0 Å². The van der Waals surface area contributed by atoms with Gasteiger partial charge in [0.05, 0.1) is 0 Å². The molecule has 0 radical (unpaired) electrons. The first kappa shape index (κ1) is 28.4. The summed E-state index contributed by atoms with van der Waals surface area (Å²) in [5.41, 5.74) is 0. The molecule has 6 nitrogen and oxygen atoms in total.